The summed E-state index contributed by atoms with van der Waals surface area (Å²) in [5.41, 5.74) is 4.54. The number of hydrogen-bond donors (Lipinski definition) is 1. The first-order valence-corrected chi connectivity index (χ1v) is 9.34. The smallest absolute Gasteiger partial charge is 0.240 e. The Hall–Kier alpha value is -2.04. The van der Waals surface area contributed by atoms with Gasteiger partial charge in [-0.2, -0.15) is 5.10 Å². The molecule has 0 aliphatic rings. The van der Waals surface area contributed by atoms with E-state index in [1.807, 2.05) is 30.3 Å². The van der Waals surface area contributed by atoms with Gasteiger partial charge in [0.05, 0.1) is 17.3 Å². The van der Waals surface area contributed by atoms with Crippen molar-refractivity contribution in [1.29, 1.82) is 0 Å². The number of nitrogens with zero attached hydrogens (tertiary/aromatic N) is 1. The van der Waals surface area contributed by atoms with Gasteiger partial charge in [0.2, 0.25) is 5.91 Å². The zero-order valence-electron chi connectivity index (χ0n) is 14.7. The standard InChI is InChI=1S/C20H22Cl2N2O2/c1-2-7-18(15-8-4-3-5-9-15)23-24-20(25)10-6-13-26-19-12-11-16(21)14-17(19)22/h3-5,8-9,11-12,14H,2,6-7,10,13H2,1H3,(H,24,25)/b23-18-. The van der Waals surface area contributed by atoms with Crippen LogP contribution in [0, 0.1) is 0 Å². The van der Waals surface area contributed by atoms with Crippen LogP contribution in [0.3, 0.4) is 0 Å². The van der Waals surface area contributed by atoms with Crippen molar-refractivity contribution in [2.75, 3.05) is 6.61 Å². The Morgan fingerprint density at radius 1 is 1.12 bits per heavy atom. The van der Waals surface area contributed by atoms with Gasteiger partial charge < -0.3 is 4.74 Å². The third-order valence-electron chi connectivity index (χ3n) is 3.61. The molecule has 1 N–H and O–H groups in total. The number of nitrogens with one attached hydrogen (secondary N) is 1. The van der Waals surface area contributed by atoms with Crippen molar-refractivity contribution in [2.45, 2.75) is 32.6 Å². The molecule has 0 bridgehead atoms. The van der Waals surface area contributed by atoms with Crippen LogP contribution in [0.15, 0.2) is 53.6 Å². The molecule has 2 aromatic rings. The topological polar surface area (TPSA) is 50.7 Å². The second-order valence-electron chi connectivity index (χ2n) is 5.74. The predicted octanol–water partition coefficient (Wildman–Crippen LogP) is 5.47. The number of hydrazone groups is 1. The lowest BCUT2D eigenvalue weighted by molar-refractivity contribution is -0.121. The maximum Gasteiger partial charge on any atom is 0.240 e. The quantitative estimate of drug-likeness (QED) is 0.349. The lowest BCUT2D eigenvalue weighted by Crippen LogP contribution is -2.20. The van der Waals surface area contributed by atoms with Crippen LogP contribution in [-0.2, 0) is 4.79 Å². The predicted molar refractivity (Wildman–Crippen MR) is 107 cm³/mol. The third-order valence-corrected chi connectivity index (χ3v) is 4.14. The highest BCUT2D eigenvalue weighted by Crippen LogP contribution is 2.27. The summed E-state index contributed by atoms with van der Waals surface area (Å²) in [5, 5.41) is 5.30. The van der Waals surface area contributed by atoms with Crippen molar-refractivity contribution in [3.8, 4) is 5.75 Å². The number of halogens is 2. The minimum atomic E-state index is -0.139. The van der Waals surface area contributed by atoms with E-state index in [0.29, 0.717) is 35.2 Å². The summed E-state index contributed by atoms with van der Waals surface area (Å²) in [7, 11) is 0. The Kier molecular flexibility index (Phi) is 8.45. The molecule has 0 saturated carbocycles. The first-order valence-electron chi connectivity index (χ1n) is 8.59. The Balaban J connectivity index is 1.78. The molecule has 1 amide bonds. The molecular formula is C20H22Cl2N2O2. The summed E-state index contributed by atoms with van der Waals surface area (Å²) in [5.74, 6) is 0.421. The Morgan fingerprint density at radius 2 is 1.88 bits per heavy atom. The van der Waals surface area contributed by atoms with Gasteiger partial charge in [0.15, 0.2) is 0 Å². The SMILES string of the molecule is CCC/C(=N/NC(=O)CCCOc1ccc(Cl)cc1Cl)c1ccccc1. The zero-order valence-corrected chi connectivity index (χ0v) is 16.2. The molecule has 0 atom stereocenters. The average Bonchev–Trinajstić information content (AvgIpc) is 2.64. The highest BCUT2D eigenvalue weighted by Gasteiger charge is 2.06. The molecule has 4 nitrogen and oxygen atoms in total. The highest BCUT2D eigenvalue weighted by molar-refractivity contribution is 6.35. The van der Waals surface area contributed by atoms with E-state index in [1.54, 1.807) is 18.2 Å². The Labute approximate surface area is 164 Å². The van der Waals surface area contributed by atoms with Gasteiger partial charge >= 0.3 is 0 Å². The van der Waals surface area contributed by atoms with Crippen molar-refractivity contribution in [1.82, 2.24) is 5.43 Å². The molecule has 2 rings (SSSR count). The number of benzene rings is 2. The first-order chi connectivity index (χ1) is 12.6. The summed E-state index contributed by atoms with van der Waals surface area (Å²) in [6, 6.07) is 14.9. The molecule has 138 valence electrons. The molecule has 26 heavy (non-hydrogen) atoms. The van der Waals surface area contributed by atoms with Crippen LogP contribution in [0.5, 0.6) is 5.75 Å². The summed E-state index contributed by atoms with van der Waals surface area (Å²) < 4.78 is 5.57. The molecule has 2 aromatic carbocycles. The number of carbonyl (C=O) groups excluding carboxylic acids is 1. The van der Waals surface area contributed by atoms with Gasteiger partial charge in [0.1, 0.15) is 5.75 Å². The fraction of sp³-hybridized carbons (Fsp3) is 0.300. The lowest BCUT2D eigenvalue weighted by atomic mass is 10.1. The monoisotopic (exact) mass is 392 g/mol. The van der Waals surface area contributed by atoms with E-state index in [4.69, 9.17) is 27.9 Å². The van der Waals surface area contributed by atoms with E-state index in [1.165, 1.54) is 0 Å². The molecule has 0 saturated heterocycles. The number of hydrogen-bond acceptors (Lipinski definition) is 3. The van der Waals surface area contributed by atoms with E-state index in [-0.39, 0.29) is 5.91 Å². The van der Waals surface area contributed by atoms with Crippen LogP contribution in [0.25, 0.3) is 0 Å². The molecule has 0 aromatic heterocycles. The minimum absolute atomic E-state index is 0.139. The summed E-state index contributed by atoms with van der Waals surface area (Å²) in [4.78, 5) is 12.0. The fourth-order valence-electron chi connectivity index (χ4n) is 2.32. The largest absolute Gasteiger partial charge is 0.492 e. The molecule has 0 aliphatic heterocycles. The van der Waals surface area contributed by atoms with E-state index in [2.05, 4.69) is 17.5 Å². The van der Waals surface area contributed by atoms with E-state index >= 15 is 0 Å². The average molecular weight is 393 g/mol. The molecule has 0 radical (unpaired) electrons. The molecular weight excluding hydrogens is 371 g/mol. The van der Waals surface area contributed by atoms with Crippen LogP contribution in [-0.4, -0.2) is 18.2 Å². The van der Waals surface area contributed by atoms with Crippen molar-refractivity contribution < 1.29 is 9.53 Å². The number of carbonyl (C=O) groups is 1. The van der Waals surface area contributed by atoms with Crippen LogP contribution in [0.4, 0.5) is 0 Å². The van der Waals surface area contributed by atoms with Crippen LogP contribution in [0.1, 0.15) is 38.2 Å². The third kappa shape index (κ3) is 6.70. The molecule has 0 spiro atoms. The summed E-state index contributed by atoms with van der Waals surface area (Å²) >= 11 is 11.9. The number of ether oxygens (including phenoxy) is 1. The summed E-state index contributed by atoms with van der Waals surface area (Å²) in [6.07, 6.45) is 2.65. The van der Waals surface area contributed by atoms with E-state index in [9.17, 15) is 4.79 Å². The second-order valence-corrected chi connectivity index (χ2v) is 6.58. The van der Waals surface area contributed by atoms with Crippen molar-refractivity contribution in [2.24, 2.45) is 5.10 Å². The lowest BCUT2D eigenvalue weighted by Gasteiger charge is -2.08. The van der Waals surface area contributed by atoms with Crippen LogP contribution >= 0.6 is 23.2 Å². The van der Waals surface area contributed by atoms with Crippen LogP contribution in [0.2, 0.25) is 10.0 Å². The van der Waals surface area contributed by atoms with Crippen LogP contribution < -0.4 is 10.2 Å². The number of amides is 1. The second kappa shape index (κ2) is 10.8. The van der Waals surface area contributed by atoms with Crippen molar-refractivity contribution in [3.63, 3.8) is 0 Å². The maximum absolute atomic E-state index is 12.0. The fourth-order valence-corrected chi connectivity index (χ4v) is 2.79. The Morgan fingerprint density at radius 3 is 2.58 bits per heavy atom. The Bertz CT molecular complexity index is 749. The van der Waals surface area contributed by atoms with Gasteiger partial charge in [-0.25, -0.2) is 5.43 Å². The molecule has 0 heterocycles. The minimum Gasteiger partial charge on any atom is -0.492 e. The van der Waals surface area contributed by atoms with Gasteiger partial charge in [0, 0.05) is 11.4 Å². The maximum atomic E-state index is 12.0. The molecule has 0 unspecified atom stereocenters. The van der Waals surface area contributed by atoms with Gasteiger partial charge in [-0.05, 0) is 36.6 Å². The highest BCUT2D eigenvalue weighted by atomic mass is 35.5. The molecule has 6 heteroatoms. The van der Waals surface area contributed by atoms with Gasteiger partial charge in [0.25, 0.3) is 0 Å². The molecule has 0 fully saturated rings. The number of rotatable bonds is 9. The van der Waals surface area contributed by atoms with E-state index < -0.39 is 0 Å². The van der Waals surface area contributed by atoms with Gasteiger partial charge in [-0.3, -0.25) is 4.79 Å². The molecule has 0 aliphatic carbocycles. The van der Waals surface area contributed by atoms with Gasteiger partial charge in [-0.1, -0.05) is 66.9 Å². The van der Waals surface area contributed by atoms with Crippen molar-refractivity contribution >= 4 is 34.8 Å². The normalized spacial score (nSPS) is 11.3. The van der Waals surface area contributed by atoms with Gasteiger partial charge in [-0.15, -0.1) is 0 Å². The summed E-state index contributed by atoms with van der Waals surface area (Å²) in [6.45, 7) is 2.47. The van der Waals surface area contributed by atoms with Crippen molar-refractivity contribution in [3.05, 3.63) is 64.1 Å². The first kappa shape index (κ1) is 20.3. The zero-order chi connectivity index (χ0) is 18.8. The van der Waals surface area contributed by atoms with E-state index in [0.717, 1.165) is 24.1 Å².